The predicted octanol–water partition coefficient (Wildman–Crippen LogP) is 1.72. The normalized spacial score (nSPS) is 23.8. The molecule has 1 aliphatic carbocycles. The Hall–Kier alpha value is -1.30. The molecule has 0 N–H and O–H groups in total. The van der Waals surface area contributed by atoms with Crippen molar-refractivity contribution < 1.29 is 9.59 Å². The zero-order valence-corrected chi connectivity index (χ0v) is 9.50. The largest absolute Gasteiger partial charge is 0.282 e. The summed E-state index contributed by atoms with van der Waals surface area (Å²) in [6, 6.07) is 0. The minimum atomic E-state index is -0.0200. The Morgan fingerprint density at radius 2 is 1.75 bits per heavy atom. The third-order valence-corrected chi connectivity index (χ3v) is 3.80. The Labute approximate surface area is 96.2 Å². The van der Waals surface area contributed by atoms with Gasteiger partial charge in [0.05, 0.1) is 0 Å². The number of hydrogen-bond acceptors (Lipinski definition) is 2. The molecule has 1 saturated heterocycles. The number of terminal acetylenes is 1. The molecular formula is C13H17NO2. The molecule has 2 fully saturated rings. The van der Waals surface area contributed by atoms with Gasteiger partial charge in [-0.25, -0.2) is 0 Å². The van der Waals surface area contributed by atoms with Crippen molar-refractivity contribution in [3.63, 3.8) is 0 Å². The van der Waals surface area contributed by atoms with Crippen molar-refractivity contribution in [3.05, 3.63) is 0 Å². The lowest BCUT2D eigenvalue weighted by Gasteiger charge is -2.37. The van der Waals surface area contributed by atoms with Crippen LogP contribution in [0.3, 0.4) is 0 Å². The van der Waals surface area contributed by atoms with Gasteiger partial charge in [0.25, 0.3) is 0 Å². The lowest BCUT2D eigenvalue weighted by Crippen LogP contribution is -2.47. The second-order valence-electron chi connectivity index (χ2n) is 4.95. The zero-order chi connectivity index (χ0) is 11.6. The van der Waals surface area contributed by atoms with Crippen LogP contribution in [0.1, 0.15) is 44.9 Å². The van der Waals surface area contributed by atoms with Crippen molar-refractivity contribution in [1.82, 2.24) is 4.90 Å². The molecule has 0 aromatic carbocycles. The fourth-order valence-corrected chi connectivity index (χ4v) is 2.94. The summed E-state index contributed by atoms with van der Waals surface area (Å²) in [7, 11) is 0. The van der Waals surface area contributed by atoms with E-state index in [4.69, 9.17) is 6.42 Å². The van der Waals surface area contributed by atoms with E-state index in [1.807, 2.05) is 0 Å². The number of imide groups is 1. The molecule has 0 aromatic rings. The summed E-state index contributed by atoms with van der Waals surface area (Å²) >= 11 is 0. The van der Waals surface area contributed by atoms with Crippen LogP contribution >= 0.6 is 0 Å². The van der Waals surface area contributed by atoms with Crippen molar-refractivity contribution >= 4 is 11.8 Å². The van der Waals surface area contributed by atoms with Gasteiger partial charge < -0.3 is 0 Å². The van der Waals surface area contributed by atoms with Crippen LogP contribution in [0.5, 0.6) is 0 Å². The summed E-state index contributed by atoms with van der Waals surface area (Å²) in [5, 5.41) is 0. The van der Waals surface area contributed by atoms with Gasteiger partial charge in [-0.3, -0.25) is 14.5 Å². The van der Waals surface area contributed by atoms with Gasteiger partial charge in [0.2, 0.25) is 11.8 Å². The van der Waals surface area contributed by atoms with Gasteiger partial charge in [0.1, 0.15) is 0 Å². The first kappa shape index (κ1) is 11.2. The van der Waals surface area contributed by atoms with Gasteiger partial charge in [-0.2, -0.15) is 0 Å². The quantitative estimate of drug-likeness (QED) is 0.524. The fraction of sp³-hybridized carbons (Fsp3) is 0.692. The topological polar surface area (TPSA) is 37.4 Å². The van der Waals surface area contributed by atoms with Gasteiger partial charge in [-0.05, 0) is 18.3 Å². The highest BCUT2D eigenvalue weighted by Crippen LogP contribution is 2.46. The zero-order valence-electron chi connectivity index (χ0n) is 9.50. The minimum Gasteiger partial charge on any atom is -0.282 e. The van der Waals surface area contributed by atoms with Crippen LogP contribution in [-0.2, 0) is 9.59 Å². The SMILES string of the molecule is C#CCCN1C(=O)CC2(CCCC2)CC1=O. The molecule has 0 aromatic heterocycles. The van der Waals surface area contributed by atoms with E-state index in [1.165, 1.54) is 4.90 Å². The van der Waals surface area contributed by atoms with E-state index >= 15 is 0 Å². The molecule has 0 radical (unpaired) electrons. The summed E-state index contributed by atoms with van der Waals surface area (Å²) < 4.78 is 0. The van der Waals surface area contributed by atoms with Crippen LogP contribution in [0, 0.1) is 17.8 Å². The van der Waals surface area contributed by atoms with E-state index in [-0.39, 0.29) is 17.2 Å². The number of hydrogen-bond donors (Lipinski definition) is 0. The first-order chi connectivity index (χ1) is 7.67. The Morgan fingerprint density at radius 3 is 2.25 bits per heavy atom. The first-order valence-electron chi connectivity index (χ1n) is 5.94. The van der Waals surface area contributed by atoms with Gasteiger partial charge in [0.15, 0.2) is 0 Å². The molecule has 0 unspecified atom stereocenters. The average Bonchev–Trinajstić information content (AvgIpc) is 2.65. The van der Waals surface area contributed by atoms with E-state index < -0.39 is 0 Å². The molecule has 16 heavy (non-hydrogen) atoms. The standard InChI is InChI=1S/C13H17NO2/c1-2-3-8-14-11(15)9-13(10-12(14)16)6-4-5-7-13/h1H,3-10H2. The maximum atomic E-state index is 11.9. The summed E-state index contributed by atoms with van der Waals surface area (Å²) in [5.41, 5.74) is 0.000803. The van der Waals surface area contributed by atoms with Crippen LogP contribution in [0.2, 0.25) is 0 Å². The first-order valence-corrected chi connectivity index (χ1v) is 5.94. The molecular weight excluding hydrogens is 202 g/mol. The van der Waals surface area contributed by atoms with E-state index in [1.54, 1.807) is 0 Å². The highest BCUT2D eigenvalue weighted by Gasteiger charge is 2.44. The predicted molar refractivity (Wildman–Crippen MR) is 60.3 cm³/mol. The molecule has 3 nitrogen and oxygen atoms in total. The monoisotopic (exact) mass is 219 g/mol. The number of piperidine rings is 1. The summed E-state index contributed by atoms with van der Waals surface area (Å²) in [6.45, 7) is 0.393. The number of amides is 2. The van der Waals surface area contributed by atoms with Crippen molar-refractivity contribution in [2.45, 2.75) is 44.9 Å². The van der Waals surface area contributed by atoms with Gasteiger partial charge in [-0.1, -0.05) is 12.8 Å². The van der Waals surface area contributed by atoms with E-state index in [9.17, 15) is 9.59 Å². The highest BCUT2D eigenvalue weighted by molar-refractivity contribution is 5.98. The Morgan fingerprint density at radius 1 is 1.19 bits per heavy atom. The Balaban J connectivity index is 2.05. The maximum absolute atomic E-state index is 11.9. The van der Waals surface area contributed by atoms with Crippen LogP contribution in [0.15, 0.2) is 0 Å². The minimum absolute atomic E-state index is 0.000803. The van der Waals surface area contributed by atoms with Crippen LogP contribution in [0.4, 0.5) is 0 Å². The molecule has 86 valence electrons. The summed E-state index contributed by atoms with van der Waals surface area (Å²) in [5.74, 6) is 2.43. The smallest absolute Gasteiger partial charge is 0.229 e. The molecule has 2 aliphatic rings. The number of nitrogens with zero attached hydrogens (tertiary/aromatic N) is 1. The van der Waals surface area contributed by atoms with Crippen LogP contribution in [-0.4, -0.2) is 23.3 Å². The van der Waals surface area contributed by atoms with Crippen LogP contribution in [0.25, 0.3) is 0 Å². The number of rotatable bonds is 2. The maximum Gasteiger partial charge on any atom is 0.229 e. The molecule has 1 spiro atoms. The molecule has 3 heteroatoms. The van der Waals surface area contributed by atoms with Crippen LogP contribution < -0.4 is 0 Å². The molecule has 2 rings (SSSR count). The van der Waals surface area contributed by atoms with Gasteiger partial charge >= 0.3 is 0 Å². The third-order valence-electron chi connectivity index (χ3n) is 3.80. The molecule has 2 amide bonds. The molecule has 0 atom stereocenters. The second-order valence-corrected chi connectivity index (χ2v) is 4.95. The van der Waals surface area contributed by atoms with Crippen molar-refractivity contribution in [2.75, 3.05) is 6.54 Å². The summed E-state index contributed by atoms with van der Waals surface area (Å²) in [6.07, 6.45) is 11.1. The van der Waals surface area contributed by atoms with Crippen molar-refractivity contribution in [1.29, 1.82) is 0 Å². The van der Waals surface area contributed by atoms with E-state index in [0.29, 0.717) is 25.8 Å². The summed E-state index contributed by atoms with van der Waals surface area (Å²) in [4.78, 5) is 25.2. The Kier molecular flexibility index (Phi) is 3.00. The average molecular weight is 219 g/mol. The highest BCUT2D eigenvalue weighted by atomic mass is 16.2. The number of likely N-dealkylation sites (tertiary alicyclic amines) is 1. The Bertz CT molecular complexity index is 327. The molecule has 1 saturated carbocycles. The van der Waals surface area contributed by atoms with E-state index in [0.717, 1.165) is 25.7 Å². The lowest BCUT2D eigenvalue weighted by molar-refractivity contribution is -0.153. The van der Waals surface area contributed by atoms with Crippen molar-refractivity contribution in [3.8, 4) is 12.3 Å². The van der Waals surface area contributed by atoms with Gasteiger partial charge in [-0.15, -0.1) is 12.3 Å². The third kappa shape index (κ3) is 1.97. The molecule has 1 heterocycles. The van der Waals surface area contributed by atoms with E-state index in [2.05, 4.69) is 5.92 Å². The lowest BCUT2D eigenvalue weighted by atomic mass is 9.76. The second kappa shape index (κ2) is 4.29. The number of carbonyl (C=O) groups is 2. The van der Waals surface area contributed by atoms with Crippen molar-refractivity contribution in [2.24, 2.45) is 5.41 Å². The number of carbonyl (C=O) groups excluding carboxylic acids is 2. The fourth-order valence-electron chi connectivity index (χ4n) is 2.94. The molecule has 0 bridgehead atoms. The van der Waals surface area contributed by atoms with Gasteiger partial charge in [0, 0.05) is 25.8 Å². The molecule has 1 aliphatic heterocycles.